The van der Waals surface area contributed by atoms with Crippen LogP contribution < -0.4 is 4.74 Å². The molecule has 0 bridgehead atoms. The van der Waals surface area contributed by atoms with Crippen LogP contribution in [0.1, 0.15) is 23.2 Å². The molecule has 5 nitrogen and oxygen atoms in total. The maximum absolute atomic E-state index is 11.4. The average Bonchev–Trinajstić information content (AvgIpc) is 3.32. The predicted molar refractivity (Wildman–Crippen MR) is 107 cm³/mol. The summed E-state index contributed by atoms with van der Waals surface area (Å²) in [6, 6.07) is 11.4. The third-order valence-electron chi connectivity index (χ3n) is 4.40. The molecule has 0 fully saturated rings. The molecule has 0 spiro atoms. The van der Waals surface area contributed by atoms with E-state index in [1.54, 1.807) is 11.3 Å². The number of benzene rings is 1. The number of ether oxygens (including phenoxy) is 2. The van der Waals surface area contributed by atoms with Gasteiger partial charge in [-0.15, -0.1) is 11.3 Å². The van der Waals surface area contributed by atoms with Gasteiger partial charge in [0.1, 0.15) is 5.75 Å². The van der Waals surface area contributed by atoms with Crippen molar-refractivity contribution in [2.45, 2.75) is 25.7 Å². The Labute approximate surface area is 169 Å². The van der Waals surface area contributed by atoms with E-state index in [1.165, 1.54) is 7.11 Å². The number of aromatic nitrogens is 2. The number of rotatable bonds is 5. The van der Waals surface area contributed by atoms with Gasteiger partial charge in [-0.25, -0.2) is 4.98 Å². The molecule has 3 aromatic rings. The van der Waals surface area contributed by atoms with Crippen LogP contribution in [0, 0.1) is 0 Å². The first-order chi connectivity index (χ1) is 13.1. The number of carbonyl (C=O) groups excluding carboxylic acids is 1. The highest BCUT2D eigenvalue weighted by molar-refractivity contribution is 9.11. The summed E-state index contributed by atoms with van der Waals surface area (Å²) >= 11 is 5.10. The lowest BCUT2D eigenvalue weighted by molar-refractivity contribution is -0.139. The number of hydrogen-bond donors (Lipinski definition) is 0. The standard InChI is InChI=1S/C20H17BrN2O3S/c1-25-18(24)11-12-5-7-13(8-6-12)26-20-14-3-2-4-15(14)22-19(23-20)16-9-10-17(21)27-16/h5-10H,2-4,11H2,1H3. The minimum Gasteiger partial charge on any atom is -0.469 e. The summed E-state index contributed by atoms with van der Waals surface area (Å²) in [4.78, 5) is 21.8. The van der Waals surface area contributed by atoms with E-state index in [-0.39, 0.29) is 12.4 Å². The summed E-state index contributed by atoms with van der Waals surface area (Å²) in [5.41, 5.74) is 3.04. The van der Waals surface area contributed by atoms with Crippen LogP contribution in [0.3, 0.4) is 0 Å². The molecular formula is C20H17BrN2O3S. The molecule has 7 heteroatoms. The van der Waals surface area contributed by atoms with Crippen LogP contribution in [-0.2, 0) is 28.8 Å². The Morgan fingerprint density at radius 3 is 2.67 bits per heavy atom. The minimum absolute atomic E-state index is 0.247. The van der Waals surface area contributed by atoms with Crippen molar-refractivity contribution in [1.82, 2.24) is 9.97 Å². The van der Waals surface area contributed by atoms with Crippen molar-refractivity contribution in [3.05, 3.63) is 57.0 Å². The Morgan fingerprint density at radius 1 is 1.15 bits per heavy atom. The van der Waals surface area contributed by atoms with Crippen LogP contribution in [0.4, 0.5) is 0 Å². The molecule has 1 aliphatic rings. The molecule has 0 unspecified atom stereocenters. The average molecular weight is 445 g/mol. The first kappa shape index (κ1) is 18.1. The Bertz CT molecular complexity index is 985. The van der Waals surface area contributed by atoms with Crippen molar-refractivity contribution < 1.29 is 14.3 Å². The van der Waals surface area contributed by atoms with Gasteiger partial charge in [0.25, 0.3) is 0 Å². The molecule has 2 heterocycles. The molecule has 138 valence electrons. The number of halogens is 1. The van der Waals surface area contributed by atoms with Crippen molar-refractivity contribution in [1.29, 1.82) is 0 Å². The van der Waals surface area contributed by atoms with Crippen LogP contribution in [0.15, 0.2) is 40.2 Å². The zero-order valence-electron chi connectivity index (χ0n) is 14.7. The summed E-state index contributed by atoms with van der Waals surface area (Å²) in [7, 11) is 1.39. The van der Waals surface area contributed by atoms with E-state index < -0.39 is 0 Å². The lowest BCUT2D eigenvalue weighted by Gasteiger charge is -2.11. The van der Waals surface area contributed by atoms with Crippen molar-refractivity contribution in [3.8, 4) is 22.3 Å². The molecule has 0 aliphatic heterocycles. The van der Waals surface area contributed by atoms with Gasteiger partial charge in [0.05, 0.1) is 27.9 Å². The van der Waals surface area contributed by atoms with E-state index in [9.17, 15) is 4.79 Å². The second-order valence-corrected chi connectivity index (χ2v) is 8.70. The highest BCUT2D eigenvalue weighted by Crippen LogP contribution is 2.36. The molecule has 0 saturated heterocycles. The summed E-state index contributed by atoms with van der Waals surface area (Å²) in [5, 5.41) is 0. The highest BCUT2D eigenvalue weighted by Gasteiger charge is 2.22. The molecule has 2 aromatic heterocycles. The Hall–Kier alpha value is -2.25. The van der Waals surface area contributed by atoms with Crippen molar-refractivity contribution in [2.75, 3.05) is 7.11 Å². The highest BCUT2D eigenvalue weighted by atomic mass is 79.9. The van der Waals surface area contributed by atoms with Gasteiger partial charge in [-0.2, -0.15) is 4.98 Å². The molecule has 4 rings (SSSR count). The third kappa shape index (κ3) is 4.04. The molecule has 0 N–H and O–H groups in total. The number of nitrogens with zero attached hydrogens (tertiary/aromatic N) is 2. The van der Waals surface area contributed by atoms with Crippen molar-refractivity contribution in [3.63, 3.8) is 0 Å². The van der Waals surface area contributed by atoms with Gasteiger partial charge in [-0.3, -0.25) is 4.79 Å². The monoisotopic (exact) mass is 444 g/mol. The number of hydrogen-bond acceptors (Lipinski definition) is 6. The number of carbonyl (C=O) groups is 1. The molecule has 0 atom stereocenters. The predicted octanol–water partition coefficient (Wildman–Crippen LogP) is 4.96. The minimum atomic E-state index is -0.260. The number of methoxy groups -OCH3 is 1. The largest absolute Gasteiger partial charge is 0.469 e. The molecular weight excluding hydrogens is 428 g/mol. The molecule has 27 heavy (non-hydrogen) atoms. The zero-order valence-corrected chi connectivity index (χ0v) is 17.1. The normalized spacial score (nSPS) is 12.7. The summed E-state index contributed by atoms with van der Waals surface area (Å²) in [6.07, 6.45) is 3.19. The van der Waals surface area contributed by atoms with Crippen LogP contribution >= 0.6 is 27.3 Å². The fourth-order valence-corrected chi connectivity index (χ4v) is 4.37. The van der Waals surface area contributed by atoms with Gasteiger partial charge in [0.2, 0.25) is 5.88 Å². The summed E-state index contributed by atoms with van der Waals surface area (Å²) < 4.78 is 11.8. The number of thiophene rings is 1. The topological polar surface area (TPSA) is 61.3 Å². The summed E-state index contributed by atoms with van der Waals surface area (Å²) in [6.45, 7) is 0. The lowest BCUT2D eigenvalue weighted by Crippen LogP contribution is -2.04. The lowest BCUT2D eigenvalue weighted by atomic mass is 10.1. The van der Waals surface area contributed by atoms with E-state index in [0.717, 1.165) is 44.7 Å². The number of esters is 1. The van der Waals surface area contributed by atoms with Crippen molar-refractivity contribution in [2.24, 2.45) is 0 Å². The Morgan fingerprint density at radius 2 is 1.96 bits per heavy atom. The van der Waals surface area contributed by atoms with Crippen molar-refractivity contribution >= 4 is 33.2 Å². The maximum atomic E-state index is 11.4. The van der Waals surface area contributed by atoms with Gasteiger partial charge < -0.3 is 9.47 Å². The maximum Gasteiger partial charge on any atom is 0.309 e. The van der Waals surface area contributed by atoms with E-state index in [0.29, 0.717) is 17.5 Å². The first-order valence-electron chi connectivity index (χ1n) is 8.61. The second kappa shape index (κ2) is 7.78. The van der Waals surface area contributed by atoms with E-state index in [1.807, 2.05) is 36.4 Å². The quantitative estimate of drug-likeness (QED) is 0.520. The number of aryl methyl sites for hydroxylation is 1. The summed E-state index contributed by atoms with van der Waals surface area (Å²) in [5.74, 6) is 1.75. The van der Waals surface area contributed by atoms with E-state index >= 15 is 0 Å². The third-order valence-corrected chi connectivity index (χ3v) is 6.02. The van der Waals surface area contributed by atoms with Gasteiger partial charge in [0, 0.05) is 5.56 Å². The molecule has 0 amide bonds. The fourth-order valence-electron chi connectivity index (χ4n) is 3.05. The van der Waals surface area contributed by atoms with E-state index in [2.05, 4.69) is 20.9 Å². The SMILES string of the molecule is COC(=O)Cc1ccc(Oc2nc(-c3ccc(Br)s3)nc3c2CCC3)cc1. The van der Waals surface area contributed by atoms with Gasteiger partial charge in [-0.05, 0) is 65.0 Å². The van der Waals surface area contributed by atoms with Crippen LogP contribution in [0.2, 0.25) is 0 Å². The first-order valence-corrected chi connectivity index (χ1v) is 10.2. The Kier molecular flexibility index (Phi) is 5.22. The Balaban J connectivity index is 1.61. The fraction of sp³-hybridized carbons (Fsp3) is 0.250. The van der Waals surface area contributed by atoms with E-state index in [4.69, 9.17) is 14.5 Å². The molecule has 0 radical (unpaired) electrons. The zero-order chi connectivity index (χ0) is 18.8. The molecule has 1 aromatic carbocycles. The number of fused-ring (bicyclic) bond motifs is 1. The van der Waals surface area contributed by atoms with Gasteiger partial charge in [-0.1, -0.05) is 12.1 Å². The molecule has 1 aliphatic carbocycles. The van der Waals surface area contributed by atoms with Gasteiger partial charge in [0.15, 0.2) is 5.82 Å². The van der Waals surface area contributed by atoms with Crippen LogP contribution in [0.25, 0.3) is 10.7 Å². The smallest absolute Gasteiger partial charge is 0.309 e. The van der Waals surface area contributed by atoms with Crippen LogP contribution in [0.5, 0.6) is 11.6 Å². The van der Waals surface area contributed by atoms with Gasteiger partial charge >= 0.3 is 5.97 Å². The second-order valence-electron chi connectivity index (χ2n) is 6.23. The molecule has 0 saturated carbocycles. The van der Waals surface area contributed by atoms with Crippen LogP contribution in [-0.4, -0.2) is 23.0 Å².